The zero-order valence-electron chi connectivity index (χ0n) is 16.0. The van der Waals surface area contributed by atoms with Gasteiger partial charge in [0, 0.05) is 30.9 Å². The van der Waals surface area contributed by atoms with E-state index in [1.807, 2.05) is 42.5 Å². The summed E-state index contributed by atoms with van der Waals surface area (Å²) in [5.74, 6) is 1.34. The molecule has 0 spiro atoms. The number of amides is 1. The van der Waals surface area contributed by atoms with Gasteiger partial charge in [-0.1, -0.05) is 6.07 Å². The molecule has 5 heteroatoms. The Morgan fingerprint density at radius 3 is 2.19 bits per heavy atom. The fourth-order valence-electron chi connectivity index (χ4n) is 2.87. The topological polar surface area (TPSA) is 50.8 Å². The van der Waals surface area contributed by atoms with Gasteiger partial charge in [-0.05, 0) is 62.2 Å². The number of methoxy groups -OCH3 is 2. The van der Waals surface area contributed by atoms with Crippen molar-refractivity contribution in [3.8, 4) is 11.5 Å². The van der Waals surface area contributed by atoms with Gasteiger partial charge in [0.2, 0.25) is 0 Å². The summed E-state index contributed by atoms with van der Waals surface area (Å²) < 4.78 is 10.5. The first-order valence-corrected chi connectivity index (χ1v) is 8.97. The smallest absolute Gasteiger partial charge is 0.251 e. The lowest BCUT2D eigenvalue weighted by atomic mass is 10.1. The molecule has 0 heterocycles. The van der Waals surface area contributed by atoms with Crippen molar-refractivity contribution in [2.24, 2.45) is 0 Å². The molecule has 0 saturated carbocycles. The number of anilines is 1. The fraction of sp³-hybridized carbons (Fsp3) is 0.381. The van der Waals surface area contributed by atoms with Crippen LogP contribution in [0, 0.1) is 0 Å². The van der Waals surface area contributed by atoms with Crippen LogP contribution < -0.4 is 19.7 Å². The molecule has 5 nitrogen and oxygen atoms in total. The van der Waals surface area contributed by atoms with Crippen LogP contribution in [0.4, 0.5) is 5.69 Å². The molecular weight excluding hydrogens is 328 g/mol. The summed E-state index contributed by atoms with van der Waals surface area (Å²) in [5, 5.41) is 2.97. The quantitative estimate of drug-likeness (QED) is 0.747. The summed E-state index contributed by atoms with van der Waals surface area (Å²) in [7, 11) is 3.23. The van der Waals surface area contributed by atoms with Crippen molar-refractivity contribution < 1.29 is 14.3 Å². The summed E-state index contributed by atoms with van der Waals surface area (Å²) in [4.78, 5) is 14.6. The fourth-order valence-corrected chi connectivity index (χ4v) is 2.87. The van der Waals surface area contributed by atoms with E-state index in [4.69, 9.17) is 9.47 Å². The van der Waals surface area contributed by atoms with Crippen molar-refractivity contribution >= 4 is 11.6 Å². The van der Waals surface area contributed by atoms with Gasteiger partial charge in [-0.3, -0.25) is 4.79 Å². The number of carbonyl (C=O) groups is 1. The normalized spacial score (nSPS) is 10.3. The Labute approximate surface area is 155 Å². The van der Waals surface area contributed by atoms with Crippen LogP contribution >= 0.6 is 0 Å². The molecule has 0 aromatic heterocycles. The number of benzene rings is 2. The van der Waals surface area contributed by atoms with Gasteiger partial charge in [-0.15, -0.1) is 0 Å². The Morgan fingerprint density at radius 2 is 1.62 bits per heavy atom. The number of hydrogen-bond donors (Lipinski definition) is 1. The zero-order chi connectivity index (χ0) is 18.9. The third-order valence-electron chi connectivity index (χ3n) is 4.41. The average Bonchev–Trinajstić information content (AvgIpc) is 2.69. The van der Waals surface area contributed by atoms with E-state index >= 15 is 0 Å². The summed E-state index contributed by atoms with van der Waals surface area (Å²) >= 11 is 0. The van der Waals surface area contributed by atoms with E-state index < -0.39 is 0 Å². The molecule has 1 amide bonds. The SMILES string of the molecule is CCN(CC)c1ccc(C(=O)NCCc2ccc(OC)c(OC)c2)cc1. The Bertz CT molecular complexity index is 710. The lowest BCUT2D eigenvalue weighted by Gasteiger charge is -2.21. The standard InChI is InChI=1S/C21H28N2O3/c1-5-23(6-2)18-10-8-17(9-11-18)21(24)22-14-13-16-7-12-19(25-3)20(15-16)26-4/h7-12,15H,5-6,13-14H2,1-4H3,(H,22,24). The molecule has 2 aromatic rings. The minimum Gasteiger partial charge on any atom is -0.493 e. The largest absolute Gasteiger partial charge is 0.493 e. The van der Waals surface area contributed by atoms with Crippen LogP contribution in [0.5, 0.6) is 11.5 Å². The molecule has 0 unspecified atom stereocenters. The number of nitrogens with zero attached hydrogens (tertiary/aromatic N) is 1. The van der Waals surface area contributed by atoms with Crippen LogP contribution in [-0.4, -0.2) is 39.8 Å². The van der Waals surface area contributed by atoms with Gasteiger partial charge >= 0.3 is 0 Å². The van der Waals surface area contributed by atoms with Gasteiger partial charge in [-0.2, -0.15) is 0 Å². The van der Waals surface area contributed by atoms with E-state index in [-0.39, 0.29) is 5.91 Å². The molecule has 0 atom stereocenters. The second kappa shape index (κ2) is 9.70. The third-order valence-corrected chi connectivity index (χ3v) is 4.41. The van der Waals surface area contributed by atoms with Gasteiger partial charge in [0.05, 0.1) is 14.2 Å². The molecular formula is C21H28N2O3. The predicted molar refractivity (Wildman–Crippen MR) is 106 cm³/mol. The highest BCUT2D eigenvalue weighted by Gasteiger charge is 2.08. The molecule has 0 fully saturated rings. The molecule has 2 rings (SSSR count). The third kappa shape index (κ3) is 4.91. The zero-order valence-corrected chi connectivity index (χ0v) is 16.0. The average molecular weight is 356 g/mol. The van der Waals surface area contributed by atoms with Crippen LogP contribution in [0.3, 0.4) is 0 Å². The van der Waals surface area contributed by atoms with E-state index in [0.29, 0.717) is 23.6 Å². The number of rotatable bonds is 9. The lowest BCUT2D eigenvalue weighted by Crippen LogP contribution is -2.26. The molecule has 140 valence electrons. The highest BCUT2D eigenvalue weighted by atomic mass is 16.5. The number of ether oxygens (including phenoxy) is 2. The van der Waals surface area contributed by atoms with Gasteiger partial charge < -0.3 is 19.7 Å². The number of nitrogens with one attached hydrogen (secondary N) is 1. The summed E-state index contributed by atoms with van der Waals surface area (Å²) in [6, 6.07) is 13.5. The number of hydrogen-bond acceptors (Lipinski definition) is 4. The number of carbonyl (C=O) groups excluding carboxylic acids is 1. The van der Waals surface area contributed by atoms with Crippen molar-refractivity contribution in [3.05, 3.63) is 53.6 Å². The molecule has 0 aliphatic heterocycles. The van der Waals surface area contributed by atoms with E-state index in [1.165, 1.54) is 0 Å². The summed E-state index contributed by atoms with van der Waals surface area (Å²) in [6.07, 6.45) is 0.726. The van der Waals surface area contributed by atoms with Gasteiger partial charge in [0.1, 0.15) is 0 Å². The van der Waals surface area contributed by atoms with Crippen molar-refractivity contribution in [3.63, 3.8) is 0 Å². The highest BCUT2D eigenvalue weighted by Crippen LogP contribution is 2.27. The van der Waals surface area contributed by atoms with Crippen molar-refractivity contribution in [2.75, 3.05) is 38.8 Å². The van der Waals surface area contributed by atoms with Gasteiger partial charge in [0.15, 0.2) is 11.5 Å². The van der Waals surface area contributed by atoms with E-state index in [1.54, 1.807) is 14.2 Å². The second-order valence-corrected chi connectivity index (χ2v) is 5.91. The van der Waals surface area contributed by atoms with Crippen LogP contribution in [-0.2, 0) is 6.42 Å². The maximum absolute atomic E-state index is 12.3. The molecule has 0 bridgehead atoms. The summed E-state index contributed by atoms with van der Waals surface area (Å²) in [6.45, 7) is 6.71. The van der Waals surface area contributed by atoms with Crippen LogP contribution in [0.1, 0.15) is 29.8 Å². The Morgan fingerprint density at radius 1 is 0.962 bits per heavy atom. The molecule has 0 aliphatic carbocycles. The molecule has 26 heavy (non-hydrogen) atoms. The first-order chi connectivity index (χ1) is 12.6. The van der Waals surface area contributed by atoms with Gasteiger partial charge in [0.25, 0.3) is 5.91 Å². The van der Waals surface area contributed by atoms with E-state index in [2.05, 4.69) is 24.1 Å². The summed E-state index contributed by atoms with van der Waals surface area (Å²) in [5.41, 5.74) is 2.89. The highest BCUT2D eigenvalue weighted by molar-refractivity contribution is 5.94. The first kappa shape index (κ1) is 19.6. The minimum absolute atomic E-state index is 0.0587. The Hall–Kier alpha value is -2.69. The first-order valence-electron chi connectivity index (χ1n) is 8.97. The monoisotopic (exact) mass is 356 g/mol. The Kier molecular flexibility index (Phi) is 7.33. The van der Waals surface area contributed by atoms with E-state index in [9.17, 15) is 4.79 Å². The van der Waals surface area contributed by atoms with Crippen molar-refractivity contribution in [2.45, 2.75) is 20.3 Å². The second-order valence-electron chi connectivity index (χ2n) is 5.91. The van der Waals surface area contributed by atoms with Crippen LogP contribution in [0.15, 0.2) is 42.5 Å². The van der Waals surface area contributed by atoms with Crippen LogP contribution in [0.2, 0.25) is 0 Å². The Balaban J connectivity index is 1.90. The molecule has 0 aliphatic rings. The van der Waals surface area contributed by atoms with Crippen LogP contribution in [0.25, 0.3) is 0 Å². The molecule has 1 N–H and O–H groups in total. The van der Waals surface area contributed by atoms with Gasteiger partial charge in [-0.25, -0.2) is 0 Å². The maximum Gasteiger partial charge on any atom is 0.251 e. The molecule has 0 radical (unpaired) electrons. The van der Waals surface area contributed by atoms with E-state index in [0.717, 1.165) is 30.8 Å². The van der Waals surface area contributed by atoms with Crippen molar-refractivity contribution in [1.82, 2.24) is 5.32 Å². The molecule has 0 saturated heterocycles. The van der Waals surface area contributed by atoms with Crippen molar-refractivity contribution in [1.29, 1.82) is 0 Å². The maximum atomic E-state index is 12.3. The predicted octanol–water partition coefficient (Wildman–Crippen LogP) is 3.52. The minimum atomic E-state index is -0.0587. The molecule has 2 aromatic carbocycles. The lowest BCUT2D eigenvalue weighted by molar-refractivity contribution is 0.0954.